The van der Waals surface area contributed by atoms with E-state index in [1.54, 1.807) is 6.08 Å². The van der Waals surface area contributed by atoms with Gasteiger partial charge < -0.3 is 54.7 Å². The highest BCUT2D eigenvalue weighted by molar-refractivity contribution is 5.12. The fourth-order valence-electron chi connectivity index (χ4n) is 4.22. The minimum atomic E-state index is -1.72. The predicted molar refractivity (Wildman–Crippen MR) is 138 cm³/mol. The molecule has 2 aliphatic heterocycles. The molecular formula is C27H44O11. The highest BCUT2D eigenvalue weighted by atomic mass is 16.7. The van der Waals surface area contributed by atoms with Crippen LogP contribution in [-0.2, 0) is 18.9 Å². The lowest BCUT2D eigenvalue weighted by atomic mass is 9.97. The molecule has 0 amide bonds. The van der Waals surface area contributed by atoms with Crippen molar-refractivity contribution in [2.24, 2.45) is 0 Å². The summed E-state index contributed by atoms with van der Waals surface area (Å²) in [4.78, 5) is 0. The molecule has 0 aliphatic carbocycles. The number of ether oxygens (including phenoxy) is 4. The Balaban J connectivity index is 1.89. The first-order valence-electron chi connectivity index (χ1n) is 12.9. The SMILES string of the molecule is C=CC(=C)CCC=C(C)CCC=C(C)COC1O[C@H](CO)[C@@H](OC2O[C@H](CO)[C@@H](O)[C@H](O)[C@H]2O)[C@H](O)[C@H]1O. The molecule has 0 aromatic carbocycles. The van der Waals surface area contributed by atoms with Crippen LogP contribution in [0.5, 0.6) is 0 Å². The fraction of sp³-hybridized carbons (Fsp3) is 0.704. The second-order valence-electron chi connectivity index (χ2n) is 9.86. The van der Waals surface area contributed by atoms with Gasteiger partial charge in [-0.1, -0.05) is 48.1 Å². The van der Waals surface area contributed by atoms with Crippen molar-refractivity contribution in [3.8, 4) is 0 Å². The van der Waals surface area contributed by atoms with Crippen molar-refractivity contribution in [1.29, 1.82) is 0 Å². The number of hydrogen-bond acceptors (Lipinski definition) is 11. The molecule has 0 bridgehead atoms. The first kappa shape index (κ1) is 32.7. The smallest absolute Gasteiger partial charge is 0.187 e. The van der Waals surface area contributed by atoms with Crippen LogP contribution in [0.25, 0.3) is 0 Å². The van der Waals surface area contributed by atoms with Crippen molar-refractivity contribution in [1.82, 2.24) is 0 Å². The van der Waals surface area contributed by atoms with E-state index in [0.717, 1.165) is 36.8 Å². The minimum absolute atomic E-state index is 0.118. The normalized spacial score (nSPS) is 36.8. The zero-order valence-electron chi connectivity index (χ0n) is 22.1. The fourth-order valence-corrected chi connectivity index (χ4v) is 4.22. The molecule has 11 nitrogen and oxygen atoms in total. The van der Waals surface area contributed by atoms with E-state index in [1.165, 1.54) is 5.57 Å². The number of hydrogen-bond donors (Lipinski definition) is 7. The summed E-state index contributed by atoms with van der Waals surface area (Å²) >= 11 is 0. The van der Waals surface area contributed by atoms with Gasteiger partial charge in [-0.2, -0.15) is 0 Å². The van der Waals surface area contributed by atoms with Gasteiger partial charge in [0.2, 0.25) is 0 Å². The van der Waals surface area contributed by atoms with Gasteiger partial charge in [0.25, 0.3) is 0 Å². The third-order valence-corrected chi connectivity index (χ3v) is 6.71. The van der Waals surface area contributed by atoms with E-state index >= 15 is 0 Å². The van der Waals surface area contributed by atoms with Gasteiger partial charge in [0.15, 0.2) is 12.6 Å². The van der Waals surface area contributed by atoms with Crippen molar-refractivity contribution in [3.63, 3.8) is 0 Å². The Morgan fingerprint density at radius 3 is 1.97 bits per heavy atom. The number of aliphatic hydroxyl groups excluding tert-OH is 7. The lowest BCUT2D eigenvalue weighted by molar-refractivity contribution is -0.358. The lowest BCUT2D eigenvalue weighted by Crippen LogP contribution is -2.64. The maximum atomic E-state index is 10.7. The zero-order chi connectivity index (χ0) is 28.4. The molecule has 2 rings (SSSR count). The summed E-state index contributed by atoms with van der Waals surface area (Å²) in [5.74, 6) is 0. The van der Waals surface area contributed by atoms with Crippen molar-refractivity contribution in [2.75, 3.05) is 19.8 Å². The van der Waals surface area contributed by atoms with Crippen molar-refractivity contribution >= 4 is 0 Å². The molecule has 0 aromatic heterocycles. The molecule has 0 saturated carbocycles. The number of rotatable bonds is 14. The van der Waals surface area contributed by atoms with E-state index in [9.17, 15) is 35.7 Å². The average Bonchev–Trinajstić information content (AvgIpc) is 2.90. The molecule has 10 atom stereocenters. The van der Waals surface area contributed by atoms with Gasteiger partial charge in [-0.3, -0.25) is 0 Å². The molecular weight excluding hydrogens is 500 g/mol. The van der Waals surface area contributed by atoms with E-state index in [2.05, 4.69) is 26.2 Å². The molecule has 0 aromatic rings. The van der Waals surface area contributed by atoms with E-state index in [0.29, 0.717) is 0 Å². The lowest BCUT2D eigenvalue weighted by Gasteiger charge is -2.45. The van der Waals surface area contributed by atoms with Crippen LogP contribution < -0.4 is 0 Å². The molecule has 0 spiro atoms. The Bertz CT molecular complexity index is 809. The summed E-state index contributed by atoms with van der Waals surface area (Å²) in [6.45, 7) is 10.4. The van der Waals surface area contributed by atoms with Crippen LogP contribution in [0, 0.1) is 0 Å². The molecule has 2 unspecified atom stereocenters. The molecule has 2 fully saturated rings. The van der Waals surface area contributed by atoms with Gasteiger partial charge in [-0.05, 0) is 39.5 Å². The second-order valence-corrected chi connectivity index (χ2v) is 9.86. The van der Waals surface area contributed by atoms with Gasteiger partial charge in [-0.25, -0.2) is 0 Å². The van der Waals surface area contributed by atoms with Crippen LogP contribution in [0.2, 0.25) is 0 Å². The quantitative estimate of drug-likeness (QED) is 0.114. The van der Waals surface area contributed by atoms with Gasteiger partial charge in [0.05, 0.1) is 19.8 Å². The molecule has 218 valence electrons. The summed E-state index contributed by atoms with van der Waals surface area (Å²) < 4.78 is 22.1. The molecule has 2 saturated heterocycles. The van der Waals surface area contributed by atoms with E-state index in [4.69, 9.17) is 18.9 Å². The predicted octanol–water partition coefficient (Wildman–Crippen LogP) is -0.178. The average molecular weight is 545 g/mol. The monoisotopic (exact) mass is 544 g/mol. The van der Waals surface area contributed by atoms with Gasteiger partial charge in [0.1, 0.15) is 48.8 Å². The first-order chi connectivity index (χ1) is 18.0. The molecule has 2 aliphatic rings. The zero-order valence-corrected chi connectivity index (χ0v) is 22.1. The van der Waals surface area contributed by atoms with Crippen molar-refractivity contribution in [3.05, 3.63) is 48.1 Å². The standard InChI is InChI=1S/C27H44O11/c1-5-15(2)8-6-9-16(3)10-7-11-17(4)14-35-26-24(34)22(32)25(19(13-29)37-26)38-27-23(33)21(31)20(30)18(12-28)36-27/h5,9,11,18-34H,1-2,6-8,10,12-14H2,3-4H3/t18-,19-,20-,21+,22-,23-,24-,25-,26?,27?/m1/s1. The Morgan fingerprint density at radius 1 is 0.763 bits per heavy atom. The summed E-state index contributed by atoms with van der Waals surface area (Å²) in [5, 5.41) is 70.5. The Labute approximate surface area is 223 Å². The largest absolute Gasteiger partial charge is 0.394 e. The molecule has 0 radical (unpaired) electrons. The molecule has 2 heterocycles. The summed E-state index contributed by atoms with van der Waals surface area (Å²) in [7, 11) is 0. The summed E-state index contributed by atoms with van der Waals surface area (Å²) in [6, 6.07) is 0. The van der Waals surface area contributed by atoms with E-state index < -0.39 is 74.6 Å². The number of allylic oxidation sites excluding steroid dienone is 5. The molecule has 11 heteroatoms. The third-order valence-electron chi connectivity index (χ3n) is 6.71. The van der Waals surface area contributed by atoms with Crippen molar-refractivity contribution < 1.29 is 54.7 Å². The van der Waals surface area contributed by atoms with Gasteiger partial charge >= 0.3 is 0 Å². The van der Waals surface area contributed by atoms with Crippen LogP contribution >= 0.6 is 0 Å². The first-order valence-corrected chi connectivity index (χ1v) is 12.9. The highest BCUT2D eigenvalue weighted by Crippen LogP contribution is 2.29. The molecule has 38 heavy (non-hydrogen) atoms. The molecule has 7 N–H and O–H groups in total. The van der Waals surface area contributed by atoms with Gasteiger partial charge in [0, 0.05) is 0 Å². The van der Waals surface area contributed by atoms with Crippen LogP contribution in [0.4, 0.5) is 0 Å². The van der Waals surface area contributed by atoms with Gasteiger partial charge in [-0.15, -0.1) is 0 Å². The van der Waals surface area contributed by atoms with E-state index in [1.807, 2.05) is 13.0 Å². The number of aliphatic hydroxyl groups is 7. The highest BCUT2D eigenvalue weighted by Gasteiger charge is 2.50. The Hall–Kier alpha value is -1.48. The van der Waals surface area contributed by atoms with Crippen LogP contribution in [0.1, 0.15) is 39.5 Å². The van der Waals surface area contributed by atoms with Crippen LogP contribution in [-0.4, -0.2) is 117 Å². The summed E-state index contributed by atoms with van der Waals surface area (Å²) in [5.41, 5.74) is 3.16. The summed E-state index contributed by atoms with van der Waals surface area (Å²) in [6.07, 6.45) is -5.33. The topological polar surface area (TPSA) is 179 Å². The Morgan fingerprint density at radius 2 is 1.34 bits per heavy atom. The minimum Gasteiger partial charge on any atom is -0.394 e. The van der Waals surface area contributed by atoms with Crippen molar-refractivity contribution in [2.45, 2.75) is 101 Å². The second kappa shape index (κ2) is 15.9. The van der Waals surface area contributed by atoms with Crippen LogP contribution in [0.3, 0.4) is 0 Å². The van der Waals surface area contributed by atoms with Crippen LogP contribution in [0.15, 0.2) is 48.1 Å². The third kappa shape index (κ3) is 9.04. The van der Waals surface area contributed by atoms with E-state index in [-0.39, 0.29) is 6.61 Å². The maximum Gasteiger partial charge on any atom is 0.187 e. The maximum absolute atomic E-state index is 10.7. The Kier molecular flexibility index (Phi) is 13.7.